The minimum absolute atomic E-state index is 0.0456. The molecule has 0 aliphatic carbocycles. The third-order valence-corrected chi connectivity index (χ3v) is 4.25. The molecule has 0 spiro atoms. The van der Waals surface area contributed by atoms with Gasteiger partial charge in [-0.15, -0.1) is 0 Å². The van der Waals surface area contributed by atoms with Gasteiger partial charge in [-0.2, -0.15) is 0 Å². The number of carbonyl (C=O) groups excluding carboxylic acids is 2. The van der Waals surface area contributed by atoms with Gasteiger partial charge in [0.15, 0.2) is 0 Å². The van der Waals surface area contributed by atoms with Crippen molar-refractivity contribution in [1.82, 2.24) is 4.57 Å². The zero-order valence-corrected chi connectivity index (χ0v) is 14.0. The smallest absolute Gasteiger partial charge is 0.272 e. The van der Waals surface area contributed by atoms with E-state index in [1.165, 1.54) is 0 Å². The molecule has 0 atom stereocenters. The van der Waals surface area contributed by atoms with Crippen LogP contribution in [0.15, 0.2) is 34.9 Å². The molecule has 0 fully saturated rings. The number of aryl methyl sites for hydroxylation is 1. The van der Waals surface area contributed by atoms with Crippen LogP contribution in [0, 0.1) is 0 Å². The lowest BCUT2D eigenvalue weighted by Gasteiger charge is -2.15. The van der Waals surface area contributed by atoms with Gasteiger partial charge in [-0.05, 0) is 52.2 Å². The SMILES string of the molecule is CC(=O)N1CCc2cc(NC(=O)c3cc(Br)cn3C)ccc21. The van der Waals surface area contributed by atoms with Crippen molar-refractivity contribution in [2.45, 2.75) is 13.3 Å². The highest BCUT2D eigenvalue weighted by atomic mass is 79.9. The highest BCUT2D eigenvalue weighted by molar-refractivity contribution is 9.10. The van der Waals surface area contributed by atoms with Gasteiger partial charge in [-0.25, -0.2) is 0 Å². The zero-order chi connectivity index (χ0) is 15.9. The van der Waals surface area contributed by atoms with Gasteiger partial charge in [-0.3, -0.25) is 9.59 Å². The van der Waals surface area contributed by atoms with Crippen molar-refractivity contribution in [2.24, 2.45) is 7.05 Å². The predicted molar refractivity (Wildman–Crippen MR) is 89.2 cm³/mol. The number of anilines is 2. The maximum atomic E-state index is 12.3. The third kappa shape index (κ3) is 2.66. The number of fused-ring (bicyclic) bond motifs is 1. The summed E-state index contributed by atoms with van der Waals surface area (Å²) in [6.07, 6.45) is 2.65. The van der Waals surface area contributed by atoms with Crippen LogP contribution in [-0.2, 0) is 18.3 Å². The van der Waals surface area contributed by atoms with Crippen molar-refractivity contribution in [3.8, 4) is 0 Å². The summed E-state index contributed by atoms with van der Waals surface area (Å²) < 4.78 is 2.63. The number of aromatic nitrogens is 1. The molecule has 3 rings (SSSR count). The van der Waals surface area contributed by atoms with Crippen LogP contribution < -0.4 is 10.2 Å². The molecule has 1 aliphatic rings. The van der Waals surface area contributed by atoms with Gasteiger partial charge in [0.05, 0.1) is 0 Å². The van der Waals surface area contributed by atoms with Crippen molar-refractivity contribution in [2.75, 3.05) is 16.8 Å². The number of benzene rings is 1. The van der Waals surface area contributed by atoms with Crippen LogP contribution in [0.25, 0.3) is 0 Å². The molecule has 1 aliphatic heterocycles. The van der Waals surface area contributed by atoms with E-state index < -0.39 is 0 Å². The lowest BCUT2D eigenvalue weighted by atomic mass is 10.1. The molecule has 6 heteroatoms. The minimum atomic E-state index is -0.158. The van der Waals surface area contributed by atoms with Crippen LogP contribution in [0.5, 0.6) is 0 Å². The highest BCUT2D eigenvalue weighted by Gasteiger charge is 2.22. The molecule has 0 unspecified atom stereocenters. The van der Waals surface area contributed by atoms with Crippen LogP contribution in [-0.4, -0.2) is 22.9 Å². The van der Waals surface area contributed by atoms with E-state index in [4.69, 9.17) is 0 Å². The molecular weight excluding hydrogens is 346 g/mol. The Morgan fingerprint density at radius 3 is 2.68 bits per heavy atom. The van der Waals surface area contributed by atoms with Crippen molar-refractivity contribution >= 4 is 39.1 Å². The first kappa shape index (κ1) is 14.8. The highest BCUT2D eigenvalue weighted by Crippen LogP contribution is 2.30. The summed E-state index contributed by atoms with van der Waals surface area (Å²) in [6, 6.07) is 7.44. The van der Waals surface area contributed by atoms with Gasteiger partial charge < -0.3 is 14.8 Å². The number of carbonyl (C=O) groups is 2. The summed E-state index contributed by atoms with van der Waals surface area (Å²) >= 11 is 3.36. The second-order valence-electron chi connectivity index (χ2n) is 5.37. The summed E-state index contributed by atoms with van der Waals surface area (Å²) in [5.74, 6) is -0.112. The number of nitrogens with one attached hydrogen (secondary N) is 1. The fraction of sp³-hybridized carbons (Fsp3) is 0.250. The first-order valence-corrected chi connectivity index (χ1v) is 7.79. The molecule has 0 radical (unpaired) electrons. The molecule has 0 saturated heterocycles. The molecule has 1 aromatic heterocycles. The number of hydrogen-bond acceptors (Lipinski definition) is 2. The van der Waals surface area contributed by atoms with Crippen molar-refractivity contribution < 1.29 is 9.59 Å². The fourth-order valence-corrected chi connectivity index (χ4v) is 3.28. The van der Waals surface area contributed by atoms with Crippen molar-refractivity contribution in [3.63, 3.8) is 0 Å². The first-order chi connectivity index (χ1) is 10.5. The molecule has 2 amide bonds. The van der Waals surface area contributed by atoms with Gasteiger partial charge in [0.2, 0.25) is 5.91 Å². The number of nitrogens with zero attached hydrogens (tertiary/aromatic N) is 2. The van der Waals surface area contributed by atoms with E-state index in [-0.39, 0.29) is 11.8 Å². The number of hydrogen-bond donors (Lipinski definition) is 1. The van der Waals surface area contributed by atoms with E-state index in [2.05, 4.69) is 21.2 Å². The van der Waals surface area contributed by atoms with Crippen LogP contribution in [0.3, 0.4) is 0 Å². The quantitative estimate of drug-likeness (QED) is 0.893. The van der Waals surface area contributed by atoms with E-state index in [0.717, 1.165) is 27.8 Å². The average molecular weight is 362 g/mol. The van der Waals surface area contributed by atoms with Gasteiger partial charge in [0, 0.05) is 42.6 Å². The predicted octanol–water partition coefficient (Wildman–Crippen LogP) is 2.95. The Labute approximate surface area is 137 Å². The Morgan fingerprint density at radius 1 is 1.27 bits per heavy atom. The number of amides is 2. The molecule has 2 heterocycles. The molecule has 114 valence electrons. The number of halogens is 1. The normalized spacial score (nSPS) is 13.1. The maximum absolute atomic E-state index is 12.3. The van der Waals surface area contributed by atoms with Gasteiger partial charge in [0.25, 0.3) is 5.91 Å². The minimum Gasteiger partial charge on any atom is -0.345 e. The fourth-order valence-electron chi connectivity index (χ4n) is 2.75. The van der Waals surface area contributed by atoms with E-state index in [0.29, 0.717) is 12.2 Å². The van der Waals surface area contributed by atoms with Gasteiger partial charge in [0.1, 0.15) is 5.69 Å². The third-order valence-electron chi connectivity index (χ3n) is 3.82. The lowest BCUT2D eigenvalue weighted by molar-refractivity contribution is -0.116. The Hall–Kier alpha value is -2.08. The van der Waals surface area contributed by atoms with Crippen LogP contribution in [0.2, 0.25) is 0 Å². The van der Waals surface area contributed by atoms with E-state index in [1.54, 1.807) is 22.5 Å². The maximum Gasteiger partial charge on any atom is 0.272 e. The molecule has 2 aromatic rings. The van der Waals surface area contributed by atoms with E-state index >= 15 is 0 Å². The summed E-state index contributed by atoms with van der Waals surface area (Å²) in [5.41, 5.74) is 3.34. The number of rotatable bonds is 2. The van der Waals surface area contributed by atoms with Crippen LogP contribution >= 0.6 is 15.9 Å². The summed E-state index contributed by atoms with van der Waals surface area (Å²) in [5, 5.41) is 2.90. The second-order valence-corrected chi connectivity index (χ2v) is 6.29. The molecule has 1 N–H and O–H groups in total. The van der Waals surface area contributed by atoms with Crippen LogP contribution in [0.4, 0.5) is 11.4 Å². The zero-order valence-electron chi connectivity index (χ0n) is 12.4. The molecule has 22 heavy (non-hydrogen) atoms. The van der Waals surface area contributed by atoms with Crippen molar-refractivity contribution in [3.05, 3.63) is 46.2 Å². The van der Waals surface area contributed by atoms with Crippen molar-refractivity contribution in [1.29, 1.82) is 0 Å². The second kappa shape index (κ2) is 5.61. The monoisotopic (exact) mass is 361 g/mol. The molecule has 0 saturated carbocycles. The van der Waals surface area contributed by atoms with Gasteiger partial charge >= 0.3 is 0 Å². The van der Waals surface area contributed by atoms with Gasteiger partial charge in [-0.1, -0.05) is 0 Å². The average Bonchev–Trinajstić information content (AvgIpc) is 3.01. The Balaban J connectivity index is 1.81. The molecule has 0 bridgehead atoms. The molecular formula is C16H16BrN3O2. The van der Waals surface area contributed by atoms with Crippen LogP contribution in [0.1, 0.15) is 23.0 Å². The summed E-state index contributed by atoms with van der Waals surface area (Å²) in [4.78, 5) is 25.6. The standard InChI is InChI=1S/C16H16BrN3O2/c1-10(21)20-6-5-11-7-13(3-4-14(11)20)18-16(22)15-8-12(17)9-19(15)2/h3-4,7-9H,5-6H2,1-2H3,(H,18,22). The molecule has 5 nitrogen and oxygen atoms in total. The Kier molecular flexibility index (Phi) is 3.78. The first-order valence-electron chi connectivity index (χ1n) is 7.00. The summed E-state index contributed by atoms with van der Waals surface area (Å²) in [6.45, 7) is 2.27. The largest absolute Gasteiger partial charge is 0.345 e. The van der Waals surface area contributed by atoms with E-state index in [9.17, 15) is 9.59 Å². The molecule has 1 aromatic carbocycles. The Bertz CT molecular complexity index is 767. The lowest BCUT2D eigenvalue weighted by Crippen LogP contribution is -2.25. The van der Waals surface area contributed by atoms with E-state index in [1.807, 2.05) is 31.4 Å². The Morgan fingerprint density at radius 2 is 2.05 bits per heavy atom. The topological polar surface area (TPSA) is 54.3 Å². The summed E-state index contributed by atoms with van der Waals surface area (Å²) in [7, 11) is 1.83.